The van der Waals surface area contributed by atoms with Crippen LogP contribution in [0.3, 0.4) is 0 Å². The number of piperazine rings is 1. The van der Waals surface area contributed by atoms with Crippen LogP contribution in [0.2, 0.25) is 0 Å². The zero-order valence-corrected chi connectivity index (χ0v) is 17.7. The van der Waals surface area contributed by atoms with E-state index in [9.17, 15) is 24.1 Å². The number of rotatable bonds is 4. The lowest BCUT2D eigenvalue weighted by molar-refractivity contribution is -0.384. The fourth-order valence-electron chi connectivity index (χ4n) is 4.35. The lowest BCUT2D eigenvalue weighted by atomic mass is 9.94. The van der Waals surface area contributed by atoms with Crippen molar-refractivity contribution in [2.24, 2.45) is 5.92 Å². The van der Waals surface area contributed by atoms with Crippen LogP contribution in [0.4, 0.5) is 15.8 Å². The predicted octanol–water partition coefficient (Wildman–Crippen LogP) is 2.93. The van der Waals surface area contributed by atoms with Gasteiger partial charge in [-0.3, -0.25) is 19.7 Å². The lowest BCUT2D eigenvalue weighted by Crippen LogP contribution is -2.52. The summed E-state index contributed by atoms with van der Waals surface area (Å²) in [5, 5.41) is 11.0. The number of halogens is 1. The molecule has 0 unspecified atom stereocenters. The summed E-state index contributed by atoms with van der Waals surface area (Å²) in [7, 11) is 0. The first-order chi connectivity index (χ1) is 15.4. The van der Waals surface area contributed by atoms with Gasteiger partial charge in [0.1, 0.15) is 5.82 Å². The van der Waals surface area contributed by atoms with Crippen LogP contribution in [0.15, 0.2) is 48.5 Å². The van der Waals surface area contributed by atoms with E-state index in [0.717, 1.165) is 5.69 Å². The number of likely N-dealkylation sites (tertiary alicyclic amines) is 1. The molecular formula is C23H25FN4O4. The quantitative estimate of drug-likeness (QED) is 0.539. The van der Waals surface area contributed by atoms with E-state index in [2.05, 4.69) is 4.90 Å². The predicted molar refractivity (Wildman–Crippen MR) is 117 cm³/mol. The van der Waals surface area contributed by atoms with Gasteiger partial charge in [0, 0.05) is 68.6 Å². The van der Waals surface area contributed by atoms with Gasteiger partial charge in [0.25, 0.3) is 11.6 Å². The Labute approximate surface area is 185 Å². The van der Waals surface area contributed by atoms with Crippen LogP contribution < -0.4 is 4.90 Å². The van der Waals surface area contributed by atoms with Crippen molar-refractivity contribution in [1.82, 2.24) is 9.80 Å². The van der Waals surface area contributed by atoms with Crippen molar-refractivity contribution < 1.29 is 18.9 Å². The van der Waals surface area contributed by atoms with E-state index in [1.165, 1.54) is 30.3 Å². The first-order valence-electron chi connectivity index (χ1n) is 10.8. The van der Waals surface area contributed by atoms with Gasteiger partial charge in [0.05, 0.1) is 4.92 Å². The molecule has 2 heterocycles. The maximum atomic E-state index is 13.1. The van der Waals surface area contributed by atoms with Gasteiger partial charge in [-0.15, -0.1) is 0 Å². The summed E-state index contributed by atoms with van der Waals surface area (Å²) >= 11 is 0. The second-order valence-corrected chi connectivity index (χ2v) is 8.16. The van der Waals surface area contributed by atoms with E-state index in [-0.39, 0.29) is 29.2 Å². The molecule has 0 saturated carbocycles. The Morgan fingerprint density at radius 3 is 2.19 bits per heavy atom. The molecule has 0 atom stereocenters. The normalized spacial score (nSPS) is 17.3. The van der Waals surface area contributed by atoms with Crippen LogP contribution in [0.25, 0.3) is 0 Å². The first-order valence-corrected chi connectivity index (χ1v) is 10.8. The molecule has 0 aromatic heterocycles. The molecule has 2 aromatic carbocycles. The minimum atomic E-state index is -0.406. The molecule has 168 valence electrons. The molecule has 4 rings (SSSR count). The van der Waals surface area contributed by atoms with Crippen LogP contribution in [0.5, 0.6) is 0 Å². The monoisotopic (exact) mass is 440 g/mol. The number of nitro groups is 1. The molecule has 2 saturated heterocycles. The molecule has 32 heavy (non-hydrogen) atoms. The van der Waals surface area contributed by atoms with Gasteiger partial charge in [-0.2, -0.15) is 0 Å². The number of piperidine rings is 1. The van der Waals surface area contributed by atoms with Crippen molar-refractivity contribution in [3.63, 3.8) is 0 Å². The van der Waals surface area contributed by atoms with E-state index in [1.54, 1.807) is 17.0 Å². The van der Waals surface area contributed by atoms with Crippen molar-refractivity contribution in [2.75, 3.05) is 44.2 Å². The molecular weight excluding hydrogens is 415 g/mol. The minimum absolute atomic E-state index is 0.0583. The summed E-state index contributed by atoms with van der Waals surface area (Å²) in [4.78, 5) is 41.8. The molecule has 0 radical (unpaired) electrons. The number of amides is 2. The number of nitrogens with zero attached hydrogens (tertiary/aromatic N) is 4. The van der Waals surface area contributed by atoms with Gasteiger partial charge in [0.15, 0.2) is 0 Å². The summed E-state index contributed by atoms with van der Waals surface area (Å²) in [6, 6.07) is 12.1. The number of carbonyl (C=O) groups is 2. The third kappa shape index (κ3) is 4.71. The number of nitro benzene ring substituents is 1. The van der Waals surface area contributed by atoms with Crippen molar-refractivity contribution in [3.8, 4) is 0 Å². The van der Waals surface area contributed by atoms with Crippen LogP contribution in [-0.4, -0.2) is 65.8 Å². The third-order valence-corrected chi connectivity index (χ3v) is 6.22. The van der Waals surface area contributed by atoms with Gasteiger partial charge < -0.3 is 14.7 Å². The summed E-state index contributed by atoms with van der Waals surface area (Å²) < 4.78 is 13.1. The molecule has 0 spiro atoms. The molecule has 2 fully saturated rings. The Morgan fingerprint density at radius 2 is 1.56 bits per heavy atom. The average molecular weight is 440 g/mol. The SMILES string of the molecule is O=C(c1ccc(F)cc1)N1CCC(C(=O)N2CCN(c3cccc([N+](=O)[O-])c3)CC2)CC1. The minimum Gasteiger partial charge on any atom is -0.368 e. The van der Waals surface area contributed by atoms with Gasteiger partial charge in [-0.25, -0.2) is 4.39 Å². The molecule has 2 aliphatic heterocycles. The number of non-ortho nitro benzene ring substituents is 1. The first kappa shape index (κ1) is 21.7. The second-order valence-electron chi connectivity index (χ2n) is 8.16. The highest BCUT2D eigenvalue weighted by Gasteiger charge is 2.32. The Kier molecular flexibility index (Phi) is 6.34. The zero-order valence-electron chi connectivity index (χ0n) is 17.7. The number of carbonyl (C=O) groups excluding carboxylic acids is 2. The van der Waals surface area contributed by atoms with Gasteiger partial charge in [0.2, 0.25) is 5.91 Å². The summed E-state index contributed by atoms with van der Waals surface area (Å²) in [6.45, 7) is 3.37. The standard InChI is InChI=1S/C23H25FN4O4/c24-19-6-4-17(5-7-19)22(29)26-10-8-18(9-11-26)23(30)27-14-12-25(13-15-27)20-2-1-3-21(16-20)28(31)32/h1-7,16,18H,8-15H2. The van der Waals surface area contributed by atoms with Crippen molar-refractivity contribution in [3.05, 3.63) is 70.0 Å². The Balaban J connectivity index is 1.28. The van der Waals surface area contributed by atoms with Crippen LogP contribution in [0, 0.1) is 21.8 Å². The molecule has 2 aliphatic rings. The molecule has 8 nitrogen and oxygen atoms in total. The number of hydrogen-bond donors (Lipinski definition) is 0. The molecule has 0 bridgehead atoms. The van der Waals surface area contributed by atoms with E-state index < -0.39 is 4.92 Å². The summed E-state index contributed by atoms with van der Waals surface area (Å²) in [5.74, 6) is -0.521. The fraction of sp³-hybridized carbons (Fsp3) is 0.391. The van der Waals surface area contributed by atoms with Crippen molar-refractivity contribution >= 4 is 23.2 Å². The molecule has 0 N–H and O–H groups in total. The lowest BCUT2D eigenvalue weighted by Gasteiger charge is -2.39. The Morgan fingerprint density at radius 1 is 0.906 bits per heavy atom. The van der Waals surface area contributed by atoms with E-state index in [1.807, 2.05) is 11.0 Å². The fourth-order valence-corrected chi connectivity index (χ4v) is 4.35. The van der Waals surface area contributed by atoms with E-state index >= 15 is 0 Å². The largest absolute Gasteiger partial charge is 0.368 e. The highest BCUT2D eigenvalue weighted by atomic mass is 19.1. The molecule has 2 aromatic rings. The van der Waals surface area contributed by atoms with Gasteiger partial charge >= 0.3 is 0 Å². The Hall–Kier alpha value is -3.49. The van der Waals surface area contributed by atoms with Gasteiger partial charge in [-0.1, -0.05) is 6.07 Å². The zero-order chi connectivity index (χ0) is 22.7. The van der Waals surface area contributed by atoms with Gasteiger partial charge in [-0.05, 0) is 43.2 Å². The smallest absolute Gasteiger partial charge is 0.271 e. The summed E-state index contributed by atoms with van der Waals surface area (Å²) in [6.07, 6.45) is 1.22. The Bertz CT molecular complexity index is 997. The maximum Gasteiger partial charge on any atom is 0.271 e. The van der Waals surface area contributed by atoms with Crippen LogP contribution >= 0.6 is 0 Å². The van der Waals surface area contributed by atoms with Crippen molar-refractivity contribution in [2.45, 2.75) is 12.8 Å². The average Bonchev–Trinajstić information content (AvgIpc) is 2.84. The van der Waals surface area contributed by atoms with Crippen molar-refractivity contribution in [1.29, 1.82) is 0 Å². The topological polar surface area (TPSA) is 87.0 Å². The highest BCUT2D eigenvalue weighted by Crippen LogP contribution is 2.25. The second kappa shape index (κ2) is 9.33. The summed E-state index contributed by atoms with van der Waals surface area (Å²) in [5.41, 5.74) is 1.30. The molecule has 2 amide bonds. The third-order valence-electron chi connectivity index (χ3n) is 6.22. The molecule has 9 heteroatoms. The number of anilines is 1. The van der Waals surface area contributed by atoms with Crippen LogP contribution in [0.1, 0.15) is 23.2 Å². The van der Waals surface area contributed by atoms with Crippen LogP contribution in [-0.2, 0) is 4.79 Å². The molecule has 0 aliphatic carbocycles. The number of benzene rings is 2. The highest BCUT2D eigenvalue weighted by molar-refractivity contribution is 5.94. The number of hydrogen-bond acceptors (Lipinski definition) is 5. The van der Waals surface area contributed by atoms with E-state index in [0.29, 0.717) is 57.7 Å². The maximum absolute atomic E-state index is 13.1. The van der Waals surface area contributed by atoms with E-state index in [4.69, 9.17) is 0 Å².